The number of carbonyl (C=O) groups is 1. The van der Waals surface area contributed by atoms with Crippen molar-refractivity contribution in [1.29, 1.82) is 0 Å². The molecule has 3 N–H and O–H groups in total. The number of esters is 1. The van der Waals surface area contributed by atoms with Crippen LogP contribution in [0.25, 0.3) is 0 Å². The van der Waals surface area contributed by atoms with E-state index in [4.69, 9.17) is 18.5 Å². The summed E-state index contributed by atoms with van der Waals surface area (Å²) in [5.41, 5.74) is -1.35. The second-order valence-electron chi connectivity index (χ2n) is 9.16. The summed E-state index contributed by atoms with van der Waals surface area (Å²) in [5.74, 6) is -1.74. The second kappa shape index (κ2) is 12.7. The first kappa shape index (κ1) is 29.4. The van der Waals surface area contributed by atoms with E-state index in [1.807, 2.05) is 11.1 Å². The van der Waals surface area contributed by atoms with Crippen molar-refractivity contribution < 1.29 is 37.4 Å². The summed E-state index contributed by atoms with van der Waals surface area (Å²) in [6, 6.07) is 16.0. The monoisotopic (exact) mass is 577 g/mol. The summed E-state index contributed by atoms with van der Waals surface area (Å²) in [6.45, 7) is 2.88. The predicted molar refractivity (Wildman–Crippen MR) is 140 cm³/mol. The zero-order valence-electron chi connectivity index (χ0n) is 21.6. The molecule has 1 aliphatic rings. The van der Waals surface area contributed by atoms with Gasteiger partial charge in [0, 0.05) is 6.42 Å². The fourth-order valence-corrected chi connectivity index (χ4v) is 5.76. The molecule has 3 aromatic rings. The molecule has 0 radical (unpaired) electrons. The van der Waals surface area contributed by atoms with Crippen LogP contribution in [0, 0.1) is 5.82 Å². The summed E-state index contributed by atoms with van der Waals surface area (Å²) >= 11 is 0. The molecule has 0 bridgehead atoms. The van der Waals surface area contributed by atoms with Gasteiger partial charge in [-0.3, -0.25) is 23.7 Å². The molecule has 1 fully saturated rings. The largest absolute Gasteiger partial charge is 0.460 e. The number of benzene rings is 2. The lowest BCUT2D eigenvalue weighted by Gasteiger charge is -2.28. The van der Waals surface area contributed by atoms with Crippen LogP contribution in [0.1, 0.15) is 32.1 Å². The zero-order valence-corrected chi connectivity index (χ0v) is 22.5. The summed E-state index contributed by atoms with van der Waals surface area (Å²) in [4.78, 5) is 38.0. The Balaban J connectivity index is 1.48. The van der Waals surface area contributed by atoms with E-state index in [1.54, 1.807) is 42.5 Å². The van der Waals surface area contributed by atoms with Gasteiger partial charge in [-0.2, -0.15) is 9.48 Å². The standard InChI is InChI=1S/C26H29FN3O9P/c1-16(25(33)36-15-18-9-5-3-6-10-18)29-40(35,39-19-11-7-4-8-12-19)38-17(2)23-21(31)13-22(37-23)30-14-20(27)24(32)28-26(30)34/h3-12,14,16-17,21-23,31H,13,15H2,1-2H3,(H,29,35)(H,28,32,34)/t16-,17+,21?,22+,23+,40+/m0/s1. The van der Waals surface area contributed by atoms with Gasteiger partial charge in [0.2, 0.25) is 5.82 Å². The van der Waals surface area contributed by atoms with Gasteiger partial charge in [0.1, 0.15) is 30.7 Å². The minimum atomic E-state index is -4.32. The number of ether oxygens (including phenoxy) is 2. The van der Waals surface area contributed by atoms with Gasteiger partial charge in [-0.15, -0.1) is 0 Å². The summed E-state index contributed by atoms with van der Waals surface area (Å²) in [7, 11) is -4.32. The normalized spacial score (nSPS) is 21.8. The second-order valence-corrected chi connectivity index (χ2v) is 10.8. The molecule has 40 heavy (non-hydrogen) atoms. The van der Waals surface area contributed by atoms with Gasteiger partial charge in [0.15, 0.2) is 0 Å². The van der Waals surface area contributed by atoms with Crippen molar-refractivity contribution in [3.8, 4) is 5.75 Å². The Morgan fingerprint density at radius 3 is 2.50 bits per heavy atom. The van der Waals surface area contributed by atoms with E-state index < -0.39 is 61.4 Å². The van der Waals surface area contributed by atoms with Crippen LogP contribution in [-0.4, -0.2) is 45.0 Å². The number of aliphatic hydroxyl groups is 1. The lowest BCUT2D eigenvalue weighted by atomic mass is 10.1. The first-order valence-electron chi connectivity index (χ1n) is 12.4. The van der Waals surface area contributed by atoms with Crippen LogP contribution in [0.4, 0.5) is 4.39 Å². The fraction of sp³-hybridized carbons (Fsp3) is 0.346. The summed E-state index contributed by atoms with van der Waals surface area (Å²) in [6.07, 6.45) is -4.08. The molecular formula is C26H29FN3O9P. The molecule has 0 saturated carbocycles. The number of rotatable bonds is 11. The third-order valence-corrected chi connectivity index (χ3v) is 7.80. The van der Waals surface area contributed by atoms with Crippen molar-refractivity contribution in [2.24, 2.45) is 0 Å². The molecule has 0 amide bonds. The molecule has 12 nitrogen and oxygen atoms in total. The number of nitrogens with zero attached hydrogens (tertiary/aromatic N) is 1. The molecule has 4 rings (SSSR count). The Bertz CT molecular complexity index is 1470. The number of para-hydroxylation sites is 1. The molecule has 2 heterocycles. The van der Waals surface area contributed by atoms with E-state index >= 15 is 0 Å². The predicted octanol–water partition coefficient (Wildman–Crippen LogP) is 2.64. The van der Waals surface area contributed by atoms with Crippen LogP contribution >= 0.6 is 7.75 Å². The van der Waals surface area contributed by atoms with Crippen LogP contribution in [0.15, 0.2) is 76.4 Å². The van der Waals surface area contributed by atoms with E-state index in [9.17, 15) is 28.4 Å². The first-order valence-corrected chi connectivity index (χ1v) is 13.9. The molecule has 1 aromatic heterocycles. The molecule has 1 aliphatic heterocycles. The zero-order chi connectivity index (χ0) is 28.9. The van der Waals surface area contributed by atoms with Gasteiger partial charge in [0.25, 0.3) is 5.56 Å². The van der Waals surface area contributed by atoms with Gasteiger partial charge in [0.05, 0.1) is 18.4 Å². The summed E-state index contributed by atoms with van der Waals surface area (Å²) < 4.78 is 50.9. The van der Waals surface area contributed by atoms with E-state index in [0.717, 1.165) is 10.1 Å². The molecule has 214 valence electrons. The van der Waals surface area contributed by atoms with Crippen LogP contribution in [0.5, 0.6) is 5.75 Å². The van der Waals surface area contributed by atoms with E-state index in [2.05, 4.69) is 5.09 Å². The van der Waals surface area contributed by atoms with Crippen molar-refractivity contribution in [3.05, 3.63) is 99.1 Å². The van der Waals surface area contributed by atoms with Crippen molar-refractivity contribution >= 4 is 13.7 Å². The molecule has 0 spiro atoms. The number of H-pyrrole nitrogens is 1. The number of hydrogen-bond donors (Lipinski definition) is 3. The van der Waals surface area contributed by atoms with Gasteiger partial charge in [-0.1, -0.05) is 48.5 Å². The number of aromatic nitrogens is 2. The number of halogens is 1. The number of aromatic amines is 1. The highest BCUT2D eigenvalue weighted by Crippen LogP contribution is 2.47. The van der Waals surface area contributed by atoms with Gasteiger partial charge >= 0.3 is 19.4 Å². The Kier molecular flexibility index (Phi) is 9.33. The Labute approximate surface area is 228 Å². The number of hydrogen-bond acceptors (Lipinski definition) is 9. The molecule has 6 atom stereocenters. The van der Waals surface area contributed by atoms with E-state index in [-0.39, 0.29) is 18.8 Å². The van der Waals surface area contributed by atoms with Crippen LogP contribution in [0.2, 0.25) is 0 Å². The SMILES string of the molecule is C[C@H](N[P@](=O)(Oc1ccccc1)O[C@H](C)[C@H]1O[C@@H](n2cc(F)c(=O)[nH]c2=O)CC1O)C(=O)OCc1ccccc1. The molecular weight excluding hydrogens is 548 g/mol. The minimum Gasteiger partial charge on any atom is -0.460 e. The smallest absolute Gasteiger partial charge is 0.459 e. The maximum Gasteiger partial charge on any atom is 0.459 e. The third kappa shape index (κ3) is 7.32. The number of nitrogens with one attached hydrogen (secondary N) is 2. The average Bonchev–Trinajstić information content (AvgIpc) is 3.31. The number of carbonyl (C=O) groups excluding carboxylic acids is 1. The van der Waals surface area contributed by atoms with E-state index in [0.29, 0.717) is 6.20 Å². The first-order chi connectivity index (χ1) is 19.0. The molecule has 2 aromatic carbocycles. The lowest BCUT2D eigenvalue weighted by Crippen LogP contribution is -2.39. The van der Waals surface area contributed by atoms with Crippen LogP contribution in [-0.2, 0) is 30.0 Å². The summed E-state index contributed by atoms with van der Waals surface area (Å²) in [5, 5.41) is 13.2. The molecule has 0 aliphatic carbocycles. The number of aliphatic hydroxyl groups excluding tert-OH is 1. The topological polar surface area (TPSA) is 158 Å². The van der Waals surface area contributed by atoms with Crippen LogP contribution < -0.4 is 20.9 Å². The van der Waals surface area contributed by atoms with Gasteiger partial charge in [-0.25, -0.2) is 9.36 Å². The highest BCUT2D eigenvalue weighted by Gasteiger charge is 2.43. The maximum absolute atomic E-state index is 13.9. The third-order valence-electron chi connectivity index (χ3n) is 6.04. The van der Waals surface area contributed by atoms with Crippen molar-refractivity contribution in [2.75, 3.05) is 0 Å². The van der Waals surface area contributed by atoms with Crippen molar-refractivity contribution in [1.82, 2.24) is 14.6 Å². The van der Waals surface area contributed by atoms with Crippen LogP contribution in [0.3, 0.4) is 0 Å². The van der Waals surface area contributed by atoms with Gasteiger partial charge < -0.3 is 19.1 Å². The Morgan fingerprint density at radius 1 is 1.18 bits per heavy atom. The maximum atomic E-state index is 13.9. The Hall–Kier alpha value is -3.61. The molecule has 1 unspecified atom stereocenters. The lowest BCUT2D eigenvalue weighted by molar-refractivity contribution is -0.146. The molecule has 1 saturated heterocycles. The quantitative estimate of drug-likeness (QED) is 0.229. The highest BCUT2D eigenvalue weighted by atomic mass is 31.2. The Morgan fingerprint density at radius 2 is 1.82 bits per heavy atom. The fourth-order valence-electron chi connectivity index (χ4n) is 4.07. The van der Waals surface area contributed by atoms with Crippen molar-refractivity contribution in [3.63, 3.8) is 0 Å². The minimum absolute atomic E-state index is 0.000999. The highest BCUT2D eigenvalue weighted by molar-refractivity contribution is 7.52. The average molecular weight is 578 g/mol. The van der Waals surface area contributed by atoms with Crippen molar-refractivity contribution in [2.45, 2.75) is 57.5 Å². The van der Waals surface area contributed by atoms with E-state index in [1.165, 1.54) is 26.0 Å². The van der Waals surface area contributed by atoms with Gasteiger partial charge in [-0.05, 0) is 31.5 Å². The molecule has 14 heteroatoms.